The van der Waals surface area contributed by atoms with Gasteiger partial charge in [0.1, 0.15) is 6.10 Å². The van der Waals surface area contributed by atoms with E-state index in [-0.39, 0.29) is 12.1 Å². The molecule has 0 aromatic carbocycles. The van der Waals surface area contributed by atoms with Crippen LogP contribution in [0.4, 0.5) is 0 Å². The number of fused-ring (bicyclic) bond motifs is 5. The Hall–Kier alpha value is -0.790. The van der Waals surface area contributed by atoms with Gasteiger partial charge in [-0.3, -0.25) is 4.79 Å². The van der Waals surface area contributed by atoms with Crippen LogP contribution in [0.5, 0.6) is 0 Å². The molecule has 0 amide bonds. The second kappa shape index (κ2) is 8.86. The van der Waals surface area contributed by atoms with Crippen molar-refractivity contribution in [3.63, 3.8) is 0 Å². The molecule has 31 heavy (non-hydrogen) atoms. The minimum Gasteiger partial charge on any atom is -0.462 e. The van der Waals surface area contributed by atoms with Gasteiger partial charge in [-0.25, -0.2) is 0 Å². The van der Waals surface area contributed by atoms with Gasteiger partial charge in [-0.2, -0.15) is 0 Å². The maximum atomic E-state index is 12.1. The van der Waals surface area contributed by atoms with Gasteiger partial charge in [0.2, 0.25) is 0 Å². The normalized spacial score (nSPS) is 45.8. The molecule has 2 heteroatoms. The van der Waals surface area contributed by atoms with Crippen molar-refractivity contribution in [2.24, 2.45) is 52.3 Å². The van der Waals surface area contributed by atoms with E-state index in [1.165, 1.54) is 51.4 Å². The molecule has 9 atom stereocenters. The van der Waals surface area contributed by atoms with Crippen molar-refractivity contribution < 1.29 is 9.53 Å². The number of esters is 1. The van der Waals surface area contributed by atoms with Crippen LogP contribution in [0, 0.1) is 52.3 Å². The topological polar surface area (TPSA) is 26.3 Å². The average Bonchev–Trinajstić information content (AvgIpc) is 2.98. The van der Waals surface area contributed by atoms with Crippen molar-refractivity contribution in [2.75, 3.05) is 0 Å². The summed E-state index contributed by atoms with van der Waals surface area (Å²) < 4.78 is 6.07. The fourth-order valence-corrected chi connectivity index (χ4v) is 9.28. The van der Waals surface area contributed by atoms with Crippen molar-refractivity contribution in [1.29, 1.82) is 0 Å². The first kappa shape index (κ1) is 23.4. The first-order chi connectivity index (χ1) is 14.7. The summed E-state index contributed by atoms with van der Waals surface area (Å²) in [6, 6.07) is 0. The van der Waals surface area contributed by atoms with Gasteiger partial charge in [0.15, 0.2) is 0 Å². The van der Waals surface area contributed by atoms with Crippen LogP contribution in [0.2, 0.25) is 0 Å². The minimum atomic E-state index is -0.0879. The molecule has 0 saturated heterocycles. The fraction of sp³-hybridized carbons (Fsp3) is 0.897. The molecule has 4 aliphatic carbocycles. The lowest BCUT2D eigenvalue weighted by Gasteiger charge is -2.60. The van der Waals surface area contributed by atoms with Crippen LogP contribution in [0.25, 0.3) is 0 Å². The molecule has 0 spiro atoms. The predicted molar refractivity (Wildman–Crippen MR) is 129 cm³/mol. The van der Waals surface area contributed by atoms with E-state index in [2.05, 4.69) is 46.8 Å². The summed E-state index contributed by atoms with van der Waals surface area (Å²) in [7, 11) is 0. The van der Waals surface area contributed by atoms with Gasteiger partial charge in [-0.15, -0.1) is 0 Å². The third kappa shape index (κ3) is 4.15. The molecule has 4 fully saturated rings. The van der Waals surface area contributed by atoms with Crippen LogP contribution in [-0.2, 0) is 9.53 Å². The number of carbonyl (C=O) groups is 1. The van der Waals surface area contributed by atoms with E-state index in [1.807, 2.05) is 0 Å². The summed E-state index contributed by atoms with van der Waals surface area (Å²) >= 11 is 0. The monoisotopic (exact) mass is 428 g/mol. The van der Waals surface area contributed by atoms with Crippen molar-refractivity contribution in [2.45, 2.75) is 112 Å². The van der Waals surface area contributed by atoms with E-state index in [1.54, 1.807) is 6.92 Å². The number of allylic oxidation sites excluding steroid dienone is 2. The van der Waals surface area contributed by atoms with Gasteiger partial charge in [0.25, 0.3) is 0 Å². The smallest absolute Gasteiger partial charge is 0.302 e. The molecule has 0 aromatic rings. The summed E-state index contributed by atoms with van der Waals surface area (Å²) in [6.45, 7) is 13.8. The van der Waals surface area contributed by atoms with Crippen LogP contribution >= 0.6 is 0 Å². The van der Waals surface area contributed by atoms with Crippen LogP contribution in [0.1, 0.15) is 106 Å². The Bertz CT molecular complexity index is 680. The SMILES string of the molecule is CC(=O)OC1C[C@H]2[C@@H]3CCC4CCCC[C@]4(C)[C@H]3CC[C@]2(C)[C@H]1[C@H](C)/C=C/CC(C)C. The van der Waals surface area contributed by atoms with Crippen LogP contribution in [0.15, 0.2) is 12.2 Å². The Labute approximate surface area is 192 Å². The second-order valence-electron chi connectivity index (χ2n) is 12.8. The first-order valence-corrected chi connectivity index (χ1v) is 13.5. The van der Waals surface area contributed by atoms with Crippen molar-refractivity contribution >= 4 is 5.97 Å². The van der Waals surface area contributed by atoms with Crippen LogP contribution < -0.4 is 0 Å². The molecule has 176 valence electrons. The number of hydrogen-bond donors (Lipinski definition) is 0. The van der Waals surface area contributed by atoms with Crippen molar-refractivity contribution in [1.82, 2.24) is 0 Å². The molecule has 0 N–H and O–H groups in total. The zero-order chi connectivity index (χ0) is 22.4. The van der Waals surface area contributed by atoms with E-state index in [0.29, 0.717) is 28.6 Å². The van der Waals surface area contributed by atoms with E-state index in [0.717, 1.165) is 36.5 Å². The molecule has 0 radical (unpaired) electrons. The quantitative estimate of drug-likeness (QED) is 0.329. The number of rotatable bonds is 5. The highest BCUT2D eigenvalue weighted by atomic mass is 16.5. The van der Waals surface area contributed by atoms with Crippen LogP contribution in [0.3, 0.4) is 0 Å². The lowest BCUT2D eigenvalue weighted by molar-refractivity contribution is -0.150. The zero-order valence-corrected chi connectivity index (χ0v) is 21.2. The lowest BCUT2D eigenvalue weighted by Crippen LogP contribution is -2.53. The average molecular weight is 429 g/mol. The summed E-state index contributed by atoms with van der Waals surface area (Å²) in [5.74, 6) is 4.96. The van der Waals surface area contributed by atoms with Gasteiger partial charge in [0.05, 0.1) is 0 Å². The highest BCUT2D eigenvalue weighted by Crippen LogP contribution is 2.68. The molecular formula is C29H48O2. The third-order valence-corrected chi connectivity index (χ3v) is 10.6. The van der Waals surface area contributed by atoms with Gasteiger partial charge < -0.3 is 4.74 Å². The second-order valence-corrected chi connectivity index (χ2v) is 12.8. The molecule has 0 bridgehead atoms. The van der Waals surface area contributed by atoms with Crippen molar-refractivity contribution in [3.05, 3.63) is 12.2 Å². The highest BCUT2D eigenvalue weighted by molar-refractivity contribution is 5.66. The van der Waals surface area contributed by atoms with E-state index >= 15 is 0 Å². The Balaban J connectivity index is 1.60. The Kier molecular flexibility index (Phi) is 6.68. The molecule has 0 aliphatic heterocycles. The lowest BCUT2D eigenvalue weighted by atomic mass is 9.44. The largest absolute Gasteiger partial charge is 0.462 e. The van der Waals surface area contributed by atoms with Crippen molar-refractivity contribution in [3.8, 4) is 0 Å². The summed E-state index contributed by atoms with van der Waals surface area (Å²) in [5, 5.41) is 0. The Morgan fingerprint density at radius 1 is 1.00 bits per heavy atom. The number of hydrogen-bond acceptors (Lipinski definition) is 2. The maximum absolute atomic E-state index is 12.1. The van der Waals surface area contributed by atoms with Gasteiger partial charge in [-0.1, -0.05) is 59.6 Å². The minimum absolute atomic E-state index is 0.0879. The summed E-state index contributed by atoms with van der Waals surface area (Å²) in [6.07, 6.45) is 18.6. The molecular weight excluding hydrogens is 380 g/mol. The Morgan fingerprint density at radius 2 is 1.77 bits per heavy atom. The number of carbonyl (C=O) groups excluding carboxylic acids is 1. The first-order valence-electron chi connectivity index (χ1n) is 13.5. The van der Waals surface area contributed by atoms with E-state index in [4.69, 9.17) is 4.74 Å². The molecule has 2 nitrogen and oxygen atoms in total. The fourth-order valence-electron chi connectivity index (χ4n) is 9.28. The maximum Gasteiger partial charge on any atom is 0.302 e. The van der Waals surface area contributed by atoms with Gasteiger partial charge in [0, 0.05) is 12.8 Å². The third-order valence-electron chi connectivity index (χ3n) is 10.6. The number of ether oxygens (including phenoxy) is 1. The van der Waals surface area contributed by atoms with E-state index in [9.17, 15) is 4.79 Å². The van der Waals surface area contributed by atoms with Gasteiger partial charge >= 0.3 is 5.97 Å². The summed E-state index contributed by atoms with van der Waals surface area (Å²) in [4.78, 5) is 12.1. The predicted octanol–water partition coefficient (Wildman–Crippen LogP) is 7.82. The molecule has 2 unspecified atom stereocenters. The van der Waals surface area contributed by atoms with E-state index < -0.39 is 0 Å². The summed E-state index contributed by atoms with van der Waals surface area (Å²) in [5.41, 5.74) is 0.876. The van der Waals surface area contributed by atoms with Crippen LogP contribution in [-0.4, -0.2) is 12.1 Å². The molecule has 4 rings (SSSR count). The zero-order valence-electron chi connectivity index (χ0n) is 21.2. The Morgan fingerprint density at radius 3 is 2.48 bits per heavy atom. The van der Waals surface area contributed by atoms with Gasteiger partial charge in [-0.05, 0) is 97.7 Å². The highest BCUT2D eigenvalue weighted by Gasteiger charge is 2.63. The molecule has 0 aromatic heterocycles. The molecule has 4 saturated carbocycles. The standard InChI is InChI=1S/C29H48O2/c1-19(2)10-9-11-20(3)27-26(31-21(4)30)18-25-23-14-13-22-12-7-8-16-28(22,5)24(23)15-17-29(25,27)6/h9,11,19-20,22-27H,7-8,10,12-18H2,1-6H3/b11-9+/t20-,22?,23-,24+,25+,26?,27+,28+,29+/m1/s1. The molecule has 4 aliphatic rings. The molecule has 0 heterocycles.